The molecule has 0 bridgehead atoms. The highest BCUT2D eigenvalue weighted by Gasteiger charge is 2.44. The summed E-state index contributed by atoms with van der Waals surface area (Å²) in [5, 5.41) is 3.42. The zero-order valence-electron chi connectivity index (χ0n) is 12.5. The van der Waals surface area contributed by atoms with Crippen molar-refractivity contribution in [3.63, 3.8) is 0 Å². The van der Waals surface area contributed by atoms with E-state index in [1.54, 1.807) is 0 Å². The van der Waals surface area contributed by atoms with Gasteiger partial charge in [-0.15, -0.1) is 0 Å². The second kappa shape index (κ2) is 4.84. The fourth-order valence-electron chi connectivity index (χ4n) is 3.27. The lowest BCUT2D eigenvalue weighted by Gasteiger charge is -2.32. The van der Waals surface area contributed by atoms with Gasteiger partial charge in [-0.25, -0.2) is 0 Å². The minimum atomic E-state index is 0.214. The van der Waals surface area contributed by atoms with Gasteiger partial charge in [0.25, 0.3) is 0 Å². The molecule has 0 saturated carbocycles. The molecule has 2 rings (SSSR count). The van der Waals surface area contributed by atoms with Gasteiger partial charge in [0, 0.05) is 31.6 Å². The number of likely N-dealkylation sites (tertiary alicyclic amines) is 1. The summed E-state index contributed by atoms with van der Waals surface area (Å²) in [6.45, 7) is 13.1. The van der Waals surface area contributed by atoms with Crippen molar-refractivity contribution in [3.8, 4) is 0 Å². The molecule has 2 fully saturated rings. The van der Waals surface area contributed by atoms with Crippen LogP contribution in [0, 0.1) is 17.3 Å². The molecule has 2 saturated heterocycles. The Kier molecular flexibility index (Phi) is 3.72. The van der Waals surface area contributed by atoms with Crippen molar-refractivity contribution >= 4 is 5.91 Å². The Morgan fingerprint density at radius 2 is 2.06 bits per heavy atom. The monoisotopic (exact) mass is 252 g/mol. The topological polar surface area (TPSA) is 32.3 Å². The van der Waals surface area contributed by atoms with Crippen LogP contribution in [0.25, 0.3) is 0 Å². The lowest BCUT2D eigenvalue weighted by Crippen LogP contribution is -2.44. The second-order valence-corrected chi connectivity index (χ2v) is 7.34. The molecular formula is C15H28N2O. The van der Waals surface area contributed by atoms with Crippen LogP contribution < -0.4 is 5.32 Å². The van der Waals surface area contributed by atoms with Gasteiger partial charge in [0.2, 0.25) is 5.91 Å². The molecular weight excluding hydrogens is 224 g/mol. The number of carbonyl (C=O) groups is 1. The van der Waals surface area contributed by atoms with Crippen LogP contribution in [0.3, 0.4) is 0 Å². The van der Waals surface area contributed by atoms with E-state index in [4.69, 9.17) is 0 Å². The summed E-state index contributed by atoms with van der Waals surface area (Å²) in [6.07, 6.45) is 1.87. The molecule has 0 radical (unpaired) electrons. The fraction of sp³-hybridized carbons (Fsp3) is 0.933. The van der Waals surface area contributed by atoms with Gasteiger partial charge in [0.05, 0.1) is 0 Å². The molecule has 1 N–H and O–H groups in total. The third-order valence-corrected chi connectivity index (χ3v) is 5.03. The summed E-state index contributed by atoms with van der Waals surface area (Å²) >= 11 is 0. The van der Waals surface area contributed by atoms with Crippen LogP contribution in [0.2, 0.25) is 0 Å². The van der Waals surface area contributed by atoms with Crippen molar-refractivity contribution in [2.24, 2.45) is 17.3 Å². The molecule has 3 nitrogen and oxygen atoms in total. The molecule has 0 aromatic rings. The lowest BCUT2D eigenvalue weighted by atomic mass is 9.80. The molecule has 2 heterocycles. The van der Waals surface area contributed by atoms with E-state index in [-0.39, 0.29) is 5.41 Å². The molecule has 0 aliphatic carbocycles. The van der Waals surface area contributed by atoms with E-state index in [9.17, 15) is 4.79 Å². The highest BCUT2D eigenvalue weighted by molar-refractivity contribution is 5.77. The van der Waals surface area contributed by atoms with Crippen LogP contribution in [-0.2, 0) is 4.79 Å². The largest absolute Gasteiger partial charge is 0.335 e. The van der Waals surface area contributed by atoms with Gasteiger partial charge in [0.1, 0.15) is 0 Å². The second-order valence-electron chi connectivity index (χ2n) is 7.34. The van der Waals surface area contributed by atoms with Gasteiger partial charge in [0.15, 0.2) is 0 Å². The van der Waals surface area contributed by atoms with Crippen molar-refractivity contribution < 1.29 is 4.79 Å². The van der Waals surface area contributed by atoms with Crippen LogP contribution in [0.4, 0.5) is 0 Å². The molecule has 2 aliphatic heterocycles. The summed E-state index contributed by atoms with van der Waals surface area (Å²) in [5.74, 6) is 1.49. The number of hydrogen-bond acceptors (Lipinski definition) is 2. The molecule has 1 amide bonds. The van der Waals surface area contributed by atoms with Crippen LogP contribution in [0.15, 0.2) is 0 Å². The normalized spacial score (nSPS) is 33.6. The van der Waals surface area contributed by atoms with Crippen LogP contribution >= 0.6 is 0 Å². The molecule has 0 spiro atoms. The van der Waals surface area contributed by atoms with E-state index >= 15 is 0 Å². The van der Waals surface area contributed by atoms with E-state index in [0.717, 1.165) is 13.1 Å². The Bertz CT molecular complexity index is 321. The van der Waals surface area contributed by atoms with Gasteiger partial charge in [-0.1, -0.05) is 27.7 Å². The van der Waals surface area contributed by atoms with E-state index in [0.29, 0.717) is 36.2 Å². The van der Waals surface area contributed by atoms with E-state index in [1.165, 1.54) is 6.42 Å². The number of carbonyl (C=O) groups excluding carboxylic acids is 1. The maximum absolute atomic E-state index is 12.6. The van der Waals surface area contributed by atoms with Crippen molar-refractivity contribution in [1.82, 2.24) is 10.2 Å². The molecule has 2 aliphatic rings. The quantitative estimate of drug-likeness (QED) is 0.817. The average molecular weight is 252 g/mol. The zero-order valence-corrected chi connectivity index (χ0v) is 12.5. The number of rotatable bonds is 2. The molecule has 0 aromatic carbocycles. The highest BCUT2D eigenvalue weighted by atomic mass is 16.2. The van der Waals surface area contributed by atoms with E-state index < -0.39 is 0 Å². The van der Waals surface area contributed by atoms with Crippen LogP contribution in [0.1, 0.15) is 47.5 Å². The SMILES string of the molecule is CC1CC2CNCC2N1C(=O)CC(C)C(C)(C)C. The van der Waals surface area contributed by atoms with E-state index in [2.05, 4.69) is 44.8 Å². The highest BCUT2D eigenvalue weighted by Crippen LogP contribution is 2.35. The minimum Gasteiger partial charge on any atom is -0.335 e. The maximum Gasteiger partial charge on any atom is 0.223 e. The number of fused-ring (bicyclic) bond motifs is 1. The van der Waals surface area contributed by atoms with Crippen molar-refractivity contribution in [3.05, 3.63) is 0 Å². The van der Waals surface area contributed by atoms with Gasteiger partial charge >= 0.3 is 0 Å². The van der Waals surface area contributed by atoms with Gasteiger partial charge in [-0.05, 0) is 30.6 Å². The first kappa shape index (κ1) is 13.9. The van der Waals surface area contributed by atoms with Crippen LogP contribution in [0.5, 0.6) is 0 Å². The Balaban J connectivity index is 2.00. The van der Waals surface area contributed by atoms with Gasteiger partial charge in [-0.2, -0.15) is 0 Å². The first-order valence-electron chi connectivity index (χ1n) is 7.32. The lowest BCUT2D eigenvalue weighted by molar-refractivity contribution is -0.135. The predicted molar refractivity (Wildman–Crippen MR) is 74.3 cm³/mol. The Morgan fingerprint density at radius 1 is 1.39 bits per heavy atom. The molecule has 0 aromatic heterocycles. The minimum absolute atomic E-state index is 0.214. The summed E-state index contributed by atoms with van der Waals surface area (Å²) in [5.41, 5.74) is 0.214. The standard InChI is InChI=1S/C15H28N2O/c1-10(15(3,4)5)6-14(18)17-11(2)7-12-8-16-9-13(12)17/h10-13,16H,6-9H2,1-5H3. The Labute approximate surface area is 111 Å². The molecule has 3 heteroatoms. The first-order valence-corrected chi connectivity index (χ1v) is 7.32. The van der Waals surface area contributed by atoms with Crippen molar-refractivity contribution in [2.75, 3.05) is 13.1 Å². The van der Waals surface area contributed by atoms with Crippen molar-refractivity contribution in [1.29, 1.82) is 0 Å². The van der Waals surface area contributed by atoms with Crippen LogP contribution in [-0.4, -0.2) is 36.0 Å². The third-order valence-electron chi connectivity index (χ3n) is 5.03. The molecule has 104 valence electrons. The summed E-state index contributed by atoms with van der Waals surface area (Å²) in [4.78, 5) is 14.7. The third kappa shape index (κ3) is 2.56. The fourth-order valence-corrected chi connectivity index (χ4v) is 3.27. The number of nitrogens with zero attached hydrogens (tertiary/aromatic N) is 1. The molecule has 4 unspecified atom stereocenters. The summed E-state index contributed by atoms with van der Waals surface area (Å²) in [6, 6.07) is 0.890. The van der Waals surface area contributed by atoms with Crippen molar-refractivity contribution in [2.45, 2.75) is 59.5 Å². The number of nitrogens with one attached hydrogen (secondary N) is 1. The average Bonchev–Trinajstić information content (AvgIpc) is 2.74. The Morgan fingerprint density at radius 3 is 2.67 bits per heavy atom. The predicted octanol–water partition coefficient (Wildman–Crippen LogP) is 2.27. The smallest absolute Gasteiger partial charge is 0.223 e. The summed E-state index contributed by atoms with van der Waals surface area (Å²) in [7, 11) is 0. The number of amides is 1. The zero-order chi connectivity index (χ0) is 13.5. The Hall–Kier alpha value is -0.570. The molecule has 4 atom stereocenters. The number of hydrogen-bond donors (Lipinski definition) is 1. The first-order chi connectivity index (χ1) is 8.30. The summed E-state index contributed by atoms with van der Waals surface area (Å²) < 4.78 is 0. The maximum atomic E-state index is 12.6. The van der Waals surface area contributed by atoms with Gasteiger partial charge in [-0.3, -0.25) is 4.79 Å². The van der Waals surface area contributed by atoms with E-state index in [1.807, 2.05) is 0 Å². The molecule has 18 heavy (non-hydrogen) atoms. The van der Waals surface area contributed by atoms with Gasteiger partial charge < -0.3 is 10.2 Å².